The van der Waals surface area contributed by atoms with Crippen molar-refractivity contribution in [2.24, 2.45) is 0 Å². The van der Waals surface area contributed by atoms with Crippen LogP contribution in [0.4, 0.5) is 5.82 Å². The molecule has 152 valence electrons. The summed E-state index contributed by atoms with van der Waals surface area (Å²) in [6, 6.07) is 8.05. The van der Waals surface area contributed by atoms with E-state index >= 15 is 0 Å². The third-order valence-corrected chi connectivity index (χ3v) is 5.58. The highest BCUT2D eigenvalue weighted by Crippen LogP contribution is 2.30. The van der Waals surface area contributed by atoms with E-state index in [0.29, 0.717) is 17.0 Å². The molecule has 0 aromatic carbocycles. The fourth-order valence-corrected chi connectivity index (χ4v) is 3.95. The van der Waals surface area contributed by atoms with Gasteiger partial charge < -0.3 is 15.6 Å². The number of nitrogen functional groups attached to an aromatic ring is 1. The normalized spacial score (nSPS) is 15.9. The number of nitrogens with one attached hydrogen (secondary N) is 1. The lowest BCUT2D eigenvalue weighted by Crippen LogP contribution is -2.42. The first-order valence-corrected chi connectivity index (χ1v) is 10.1. The van der Waals surface area contributed by atoms with Gasteiger partial charge in [-0.05, 0) is 38.3 Å². The number of nitrogens with two attached hydrogens (primary N) is 1. The highest BCUT2D eigenvalue weighted by atomic mass is 15.3. The molecular weight excluding hydrogens is 362 g/mol. The van der Waals surface area contributed by atoms with E-state index in [1.54, 1.807) is 12.4 Å². The number of aromatic nitrogens is 2. The van der Waals surface area contributed by atoms with Crippen LogP contribution in [0.2, 0.25) is 0 Å². The number of anilines is 1. The fourth-order valence-electron chi connectivity index (χ4n) is 3.95. The standard InChI is InChI=1S/C22H29N7/c1-4-5-12-27(20-10-6-7-11-26-20)16(2)19-9-8-13-28(19)22(24)21-17(3)29(25)15-18(21)14-23/h6-7,10-11,15,19,24H,2,4-5,8-9,12-13,25H2,1,3H3. The molecule has 3 heterocycles. The van der Waals surface area contributed by atoms with Crippen molar-refractivity contribution in [3.05, 3.63) is 59.7 Å². The number of likely N-dealkylation sites (tertiary alicyclic amines) is 1. The lowest BCUT2D eigenvalue weighted by atomic mass is 10.1. The molecule has 2 aromatic rings. The van der Waals surface area contributed by atoms with Gasteiger partial charge >= 0.3 is 0 Å². The van der Waals surface area contributed by atoms with Crippen LogP contribution in [0.5, 0.6) is 0 Å². The average Bonchev–Trinajstić information content (AvgIpc) is 3.33. The molecule has 3 rings (SSSR count). The zero-order chi connectivity index (χ0) is 21.0. The van der Waals surface area contributed by atoms with E-state index < -0.39 is 0 Å². The van der Waals surface area contributed by atoms with Crippen LogP contribution in [-0.2, 0) is 0 Å². The lowest BCUT2D eigenvalue weighted by molar-refractivity contribution is 0.421. The Bertz CT molecular complexity index is 923. The number of hydrogen-bond donors (Lipinski definition) is 2. The number of nitrogens with zero attached hydrogens (tertiary/aromatic N) is 5. The van der Waals surface area contributed by atoms with Crippen LogP contribution in [0, 0.1) is 23.7 Å². The number of amidine groups is 1. The minimum absolute atomic E-state index is 0.00608. The first-order valence-electron chi connectivity index (χ1n) is 10.1. The molecule has 1 unspecified atom stereocenters. The van der Waals surface area contributed by atoms with E-state index in [1.165, 1.54) is 4.68 Å². The predicted molar refractivity (Wildman–Crippen MR) is 116 cm³/mol. The maximum Gasteiger partial charge on any atom is 0.132 e. The summed E-state index contributed by atoms with van der Waals surface area (Å²) in [4.78, 5) is 8.75. The Hall–Kier alpha value is -3.27. The van der Waals surface area contributed by atoms with Crippen LogP contribution in [0.3, 0.4) is 0 Å². The summed E-state index contributed by atoms with van der Waals surface area (Å²) in [5.41, 5.74) is 2.70. The molecule has 0 bridgehead atoms. The number of hydrogen-bond acceptors (Lipinski definition) is 5. The largest absolute Gasteiger partial charge is 0.348 e. The van der Waals surface area contributed by atoms with Crippen molar-refractivity contribution in [2.45, 2.75) is 45.6 Å². The summed E-state index contributed by atoms with van der Waals surface area (Å²) in [7, 11) is 0. The zero-order valence-corrected chi connectivity index (χ0v) is 17.2. The molecule has 0 radical (unpaired) electrons. The lowest BCUT2D eigenvalue weighted by Gasteiger charge is -2.35. The predicted octanol–water partition coefficient (Wildman–Crippen LogP) is 3.39. The maximum absolute atomic E-state index is 9.49. The smallest absolute Gasteiger partial charge is 0.132 e. The second-order valence-electron chi connectivity index (χ2n) is 7.41. The van der Waals surface area contributed by atoms with Gasteiger partial charge in [0, 0.05) is 36.9 Å². The van der Waals surface area contributed by atoms with E-state index in [-0.39, 0.29) is 6.04 Å². The molecule has 0 saturated carbocycles. The minimum atomic E-state index is -0.00608. The molecule has 7 heteroatoms. The first-order chi connectivity index (χ1) is 14.0. The van der Waals surface area contributed by atoms with E-state index in [0.717, 1.165) is 56.0 Å². The number of unbranched alkanes of at least 4 members (excludes halogenated alkanes) is 1. The Balaban J connectivity index is 1.90. The van der Waals surface area contributed by atoms with Crippen molar-refractivity contribution in [1.82, 2.24) is 14.6 Å². The molecule has 7 nitrogen and oxygen atoms in total. The summed E-state index contributed by atoms with van der Waals surface area (Å²) < 4.78 is 1.42. The monoisotopic (exact) mass is 391 g/mol. The molecule has 0 amide bonds. The molecule has 1 fully saturated rings. The third kappa shape index (κ3) is 3.97. The Morgan fingerprint density at radius 2 is 2.28 bits per heavy atom. The number of nitriles is 1. The van der Waals surface area contributed by atoms with Crippen LogP contribution >= 0.6 is 0 Å². The summed E-state index contributed by atoms with van der Waals surface area (Å²) in [6.45, 7) is 10.0. The van der Waals surface area contributed by atoms with Gasteiger partial charge in [-0.1, -0.05) is 26.0 Å². The number of pyridine rings is 1. The zero-order valence-electron chi connectivity index (χ0n) is 17.2. The first kappa shape index (κ1) is 20.5. The molecule has 1 aliphatic rings. The minimum Gasteiger partial charge on any atom is -0.348 e. The van der Waals surface area contributed by atoms with Crippen molar-refractivity contribution >= 4 is 11.7 Å². The van der Waals surface area contributed by atoms with E-state index in [2.05, 4.69) is 29.5 Å². The topological polar surface area (TPSA) is 98.0 Å². The SMILES string of the molecule is C=C(C1CCCN1C(=N)c1c(C#N)cn(N)c1C)N(CCCC)c1ccccn1. The van der Waals surface area contributed by atoms with Crippen molar-refractivity contribution in [1.29, 1.82) is 10.7 Å². The van der Waals surface area contributed by atoms with E-state index in [4.69, 9.17) is 11.3 Å². The molecular formula is C22H29N7. The van der Waals surface area contributed by atoms with Crippen LogP contribution in [0.25, 0.3) is 0 Å². The Morgan fingerprint density at radius 1 is 1.48 bits per heavy atom. The maximum atomic E-state index is 9.49. The fraction of sp³-hybridized carbons (Fsp3) is 0.409. The van der Waals surface area contributed by atoms with Crippen molar-refractivity contribution in [2.75, 3.05) is 23.8 Å². The second kappa shape index (κ2) is 8.82. The highest BCUT2D eigenvalue weighted by Gasteiger charge is 2.34. The molecule has 2 aromatic heterocycles. The summed E-state index contributed by atoms with van der Waals surface area (Å²) in [5, 5.41) is 18.4. The third-order valence-electron chi connectivity index (χ3n) is 5.58. The Labute approximate surface area is 172 Å². The van der Waals surface area contributed by atoms with Crippen LogP contribution in [-0.4, -0.2) is 39.5 Å². The van der Waals surface area contributed by atoms with Gasteiger partial charge in [-0.25, -0.2) is 4.98 Å². The second-order valence-corrected chi connectivity index (χ2v) is 7.41. The van der Waals surface area contributed by atoms with Gasteiger partial charge in [0.05, 0.1) is 17.2 Å². The summed E-state index contributed by atoms with van der Waals surface area (Å²) >= 11 is 0. The van der Waals surface area contributed by atoms with Gasteiger partial charge in [0.25, 0.3) is 0 Å². The van der Waals surface area contributed by atoms with Gasteiger partial charge in [0.15, 0.2) is 0 Å². The Kier molecular flexibility index (Phi) is 6.23. The van der Waals surface area contributed by atoms with E-state index in [9.17, 15) is 5.26 Å². The Morgan fingerprint density at radius 3 is 2.93 bits per heavy atom. The molecule has 3 N–H and O–H groups in total. The molecule has 0 spiro atoms. The van der Waals surface area contributed by atoms with Crippen LogP contribution in [0.1, 0.15) is 49.4 Å². The van der Waals surface area contributed by atoms with Gasteiger partial charge in [-0.3, -0.25) is 10.1 Å². The summed E-state index contributed by atoms with van der Waals surface area (Å²) in [5.74, 6) is 7.16. The van der Waals surface area contributed by atoms with Gasteiger partial charge in [0.1, 0.15) is 17.7 Å². The van der Waals surface area contributed by atoms with Crippen molar-refractivity contribution in [3.8, 4) is 6.07 Å². The molecule has 0 aliphatic carbocycles. The van der Waals surface area contributed by atoms with Gasteiger partial charge in [-0.2, -0.15) is 5.26 Å². The van der Waals surface area contributed by atoms with Gasteiger partial charge in [-0.15, -0.1) is 0 Å². The summed E-state index contributed by atoms with van der Waals surface area (Å²) in [6.07, 6.45) is 7.38. The average molecular weight is 392 g/mol. The number of rotatable bonds is 7. The van der Waals surface area contributed by atoms with Crippen LogP contribution < -0.4 is 10.7 Å². The van der Waals surface area contributed by atoms with Crippen LogP contribution in [0.15, 0.2) is 42.9 Å². The van der Waals surface area contributed by atoms with Gasteiger partial charge in [0.2, 0.25) is 0 Å². The molecule has 1 saturated heterocycles. The molecule has 1 aliphatic heterocycles. The quantitative estimate of drug-likeness (QED) is 0.428. The van der Waals surface area contributed by atoms with E-state index in [1.807, 2.05) is 30.0 Å². The molecule has 1 atom stereocenters. The highest BCUT2D eigenvalue weighted by molar-refractivity contribution is 6.00. The van der Waals surface area contributed by atoms with Crippen molar-refractivity contribution in [3.63, 3.8) is 0 Å². The van der Waals surface area contributed by atoms with Crippen molar-refractivity contribution < 1.29 is 0 Å². The molecule has 29 heavy (non-hydrogen) atoms.